The highest BCUT2D eigenvalue weighted by molar-refractivity contribution is 7.91. The Bertz CT molecular complexity index is 444. The standard InChI is InChI=1S/C14H27N3O2S/c1-4-7-16-14(3,12-15)6-5-8-17-9-10-20(18,19)11-13(17)2/h13,16H,4-11H2,1-3H3. The first-order valence-electron chi connectivity index (χ1n) is 7.42. The average molecular weight is 301 g/mol. The van der Waals surface area contributed by atoms with Gasteiger partial charge >= 0.3 is 0 Å². The lowest BCUT2D eigenvalue weighted by Gasteiger charge is -2.34. The normalized spacial score (nSPS) is 25.8. The summed E-state index contributed by atoms with van der Waals surface area (Å²) >= 11 is 0. The van der Waals surface area contributed by atoms with Crippen LogP contribution in [0.4, 0.5) is 0 Å². The quantitative estimate of drug-likeness (QED) is 0.764. The van der Waals surface area contributed by atoms with Crippen molar-refractivity contribution in [3.05, 3.63) is 0 Å². The van der Waals surface area contributed by atoms with Crippen molar-refractivity contribution >= 4 is 9.84 Å². The summed E-state index contributed by atoms with van der Waals surface area (Å²) in [7, 11) is -2.84. The number of hydrogen-bond donors (Lipinski definition) is 1. The molecule has 0 aromatic heterocycles. The van der Waals surface area contributed by atoms with Gasteiger partial charge in [0.25, 0.3) is 0 Å². The van der Waals surface area contributed by atoms with Gasteiger partial charge in [-0.1, -0.05) is 6.92 Å². The Morgan fingerprint density at radius 3 is 2.75 bits per heavy atom. The Morgan fingerprint density at radius 1 is 1.50 bits per heavy atom. The molecule has 1 N–H and O–H groups in total. The molecule has 2 atom stereocenters. The minimum absolute atomic E-state index is 0.0886. The van der Waals surface area contributed by atoms with E-state index in [1.54, 1.807) is 0 Å². The highest BCUT2D eigenvalue weighted by Crippen LogP contribution is 2.16. The van der Waals surface area contributed by atoms with E-state index in [2.05, 4.69) is 23.2 Å². The highest BCUT2D eigenvalue weighted by Gasteiger charge is 2.28. The van der Waals surface area contributed by atoms with Gasteiger partial charge in [-0.25, -0.2) is 8.42 Å². The van der Waals surface area contributed by atoms with Crippen molar-refractivity contribution in [2.75, 3.05) is 31.1 Å². The maximum Gasteiger partial charge on any atom is 0.153 e. The summed E-state index contributed by atoms with van der Waals surface area (Å²) in [5, 5.41) is 12.5. The molecule has 0 aromatic rings. The zero-order valence-electron chi connectivity index (χ0n) is 12.9. The molecule has 0 saturated carbocycles. The van der Waals surface area contributed by atoms with Crippen molar-refractivity contribution in [2.24, 2.45) is 0 Å². The van der Waals surface area contributed by atoms with Crippen LogP contribution in [-0.2, 0) is 9.84 Å². The van der Waals surface area contributed by atoms with Crippen molar-refractivity contribution in [2.45, 2.75) is 51.6 Å². The summed E-state index contributed by atoms with van der Waals surface area (Å²) in [5.74, 6) is 0.525. The topological polar surface area (TPSA) is 73.2 Å². The predicted molar refractivity (Wildman–Crippen MR) is 81.2 cm³/mol. The second kappa shape index (κ2) is 7.39. The van der Waals surface area contributed by atoms with Gasteiger partial charge in [0.15, 0.2) is 9.84 Å². The Hall–Kier alpha value is -0.640. The third-order valence-electron chi connectivity index (χ3n) is 3.94. The first kappa shape index (κ1) is 17.4. The lowest BCUT2D eigenvalue weighted by atomic mass is 9.97. The Morgan fingerprint density at radius 2 is 2.20 bits per heavy atom. The molecule has 0 spiro atoms. The van der Waals surface area contributed by atoms with E-state index in [0.717, 1.165) is 32.4 Å². The summed E-state index contributed by atoms with van der Waals surface area (Å²) < 4.78 is 23.0. The molecule has 6 heteroatoms. The van der Waals surface area contributed by atoms with Crippen LogP contribution in [-0.4, -0.2) is 56.0 Å². The van der Waals surface area contributed by atoms with Gasteiger partial charge in [-0.3, -0.25) is 10.2 Å². The van der Waals surface area contributed by atoms with Gasteiger partial charge in [0.05, 0.1) is 17.6 Å². The molecule has 116 valence electrons. The first-order valence-corrected chi connectivity index (χ1v) is 9.25. The van der Waals surface area contributed by atoms with Crippen molar-refractivity contribution in [3.8, 4) is 6.07 Å². The van der Waals surface area contributed by atoms with E-state index >= 15 is 0 Å². The van der Waals surface area contributed by atoms with Crippen LogP contribution in [0.25, 0.3) is 0 Å². The summed E-state index contributed by atoms with van der Waals surface area (Å²) in [6, 6.07) is 2.44. The molecule has 0 amide bonds. The smallest absolute Gasteiger partial charge is 0.153 e. The van der Waals surface area contributed by atoms with Crippen LogP contribution in [0.5, 0.6) is 0 Å². The van der Waals surface area contributed by atoms with E-state index in [0.29, 0.717) is 6.54 Å². The van der Waals surface area contributed by atoms with Gasteiger partial charge in [0.1, 0.15) is 5.54 Å². The molecule has 1 heterocycles. The SMILES string of the molecule is CCCNC(C)(C#N)CCCN1CCS(=O)(=O)CC1C. The summed E-state index contributed by atoms with van der Waals surface area (Å²) in [6.45, 7) is 8.32. The summed E-state index contributed by atoms with van der Waals surface area (Å²) in [6.07, 6.45) is 2.71. The molecular formula is C14H27N3O2S. The van der Waals surface area contributed by atoms with Gasteiger partial charge in [-0.15, -0.1) is 0 Å². The van der Waals surface area contributed by atoms with Gasteiger partial charge in [-0.05, 0) is 46.2 Å². The maximum atomic E-state index is 11.5. The average Bonchev–Trinajstić information content (AvgIpc) is 2.38. The molecular weight excluding hydrogens is 274 g/mol. The Kier molecular flexibility index (Phi) is 6.44. The predicted octanol–water partition coefficient (Wildman–Crippen LogP) is 1.17. The van der Waals surface area contributed by atoms with Crippen LogP contribution < -0.4 is 5.32 Å². The van der Waals surface area contributed by atoms with Crippen LogP contribution in [0, 0.1) is 11.3 Å². The number of nitrogens with zero attached hydrogens (tertiary/aromatic N) is 2. The van der Waals surface area contributed by atoms with Gasteiger partial charge in [0, 0.05) is 12.6 Å². The lowest BCUT2D eigenvalue weighted by molar-refractivity contribution is 0.215. The Balaban J connectivity index is 2.39. The molecule has 0 bridgehead atoms. The second-order valence-electron chi connectivity index (χ2n) is 5.97. The molecule has 0 radical (unpaired) electrons. The zero-order valence-corrected chi connectivity index (χ0v) is 13.7. The van der Waals surface area contributed by atoms with E-state index < -0.39 is 15.4 Å². The number of hydrogen-bond acceptors (Lipinski definition) is 5. The molecule has 1 aliphatic rings. The molecule has 1 saturated heterocycles. The minimum Gasteiger partial charge on any atom is -0.300 e. The molecule has 0 aromatic carbocycles. The maximum absolute atomic E-state index is 11.5. The number of rotatable bonds is 7. The number of nitriles is 1. The van der Waals surface area contributed by atoms with Crippen LogP contribution in [0.15, 0.2) is 0 Å². The van der Waals surface area contributed by atoms with Crippen LogP contribution in [0.3, 0.4) is 0 Å². The summed E-state index contributed by atoms with van der Waals surface area (Å²) in [5.41, 5.74) is -0.471. The fourth-order valence-corrected chi connectivity index (χ4v) is 4.21. The van der Waals surface area contributed by atoms with E-state index in [4.69, 9.17) is 0 Å². The van der Waals surface area contributed by atoms with E-state index in [1.165, 1.54) is 0 Å². The number of sulfone groups is 1. The van der Waals surface area contributed by atoms with Crippen LogP contribution in [0.2, 0.25) is 0 Å². The van der Waals surface area contributed by atoms with Gasteiger partial charge in [0.2, 0.25) is 0 Å². The van der Waals surface area contributed by atoms with Gasteiger partial charge in [-0.2, -0.15) is 5.26 Å². The van der Waals surface area contributed by atoms with Gasteiger partial charge < -0.3 is 0 Å². The molecule has 1 rings (SSSR count). The first-order chi connectivity index (χ1) is 9.32. The third-order valence-corrected chi connectivity index (χ3v) is 5.74. The molecule has 1 aliphatic heterocycles. The molecule has 5 nitrogen and oxygen atoms in total. The van der Waals surface area contributed by atoms with E-state index in [9.17, 15) is 13.7 Å². The summed E-state index contributed by atoms with van der Waals surface area (Å²) in [4.78, 5) is 2.22. The third kappa shape index (κ3) is 5.39. The molecule has 1 fully saturated rings. The van der Waals surface area contributed by atoms with Crippen molar-refractivity contribution in [1.82, 2.24) is 10.2 Å². The molecule has 0 aliphatic carbocycles. The lowest BCUT2D eigenvalue weighted by Crippen LogP contribution is -2.48. The fraction of sp³-hybridized carbons (Fsp3) is 0.929. The monoisotopic (exact) mass is 301 g/mol. The largest absolute Gasteiger partial charge is 0.300 e. The van der Waals surface area contributed by atoms with Crippen molar-refractivity contribution in [1.29, 1.82) is 5.26 Å². The Labute approximate surface area is 123 Å². The number of nitrogens with one attached hydrogen (secondary N) is 1. The highest BCUT2D eigenvalue weighted by atomic mass is 32.2. The fourth-order valence-electron chi connectivity index (χ4n) is 2.59. The molecule has 20 heavy (non-hydrogen) atoms. The van der Waals surface area contributed by atoms with Crippen molar-refractivity contribution < 1.29 is 8.42 Å². The van der Waals surface area contributed by atoms with Crippen molar-refractivity contribution in [3.63, 3.8) is 0 Å². The molecule has 2 unspecified atom stereocenters. The van der Waals surface area contributed by atoms with E-state index in [-0.39, 0.29) is 17.5 Å². The zero-order chi connectivity index (χ0) is 15.2. The van der Waals surface area contributed by atoms with E-state index in [1.807, 2.05) is 13.8 Å². The van der Waals surface area contributed by atoms with Crippen LogP contribution in [0.1, 0.15) is 40.0 Å². The minimum atomic E-state index is -2.84. The second-order valence-corrected chi connectivity index (χ2v) is 8.20. The van der Waals surface area contributed by atoms with Crippen LogP contribution >= 0.6 is 0 Å².